The van der Waals surface area contributed by atoms with Crippen LogP contribution in [0, 0.1) is 6.92 Å². The highest BCUT2D eigenvalue weighted by atomic mass is 16.2. The second-order valence-corrected chi connectivity index (χ2v) is 6.09. The fourth-order valence-corrected chi connectivity index (χ4v) is 2.63. The van der Waals surface area contributed by atoms with E-state index in [1.54, 1.807) is 0 Å². The number of aryl methyl sites for hydroxylation is 2. The first-order valence-electron chi connectivity index (χ1n) is 8.44. The van der Waals surface area contributed by atoms with Crippen molar-refractivity contribution in [3.05, 3.63) is 59.7 Å². The number of amides is 2. The van der Waals surface area contributed by atoms with E-state index in [1.807, 2.05) is 55.5 Å². The molecular formula is C20H21N3O2. The van der Waals surface area contributed by atoms with Crippen LogP contribution >= 0.6 is 0 Å². The smallest absolute Gasteiger partial charge is 0.271 e. The summed E-state index contributed by atoms with van der Waals surface area (Å²) in [6.45, 7) is 4.06. The molecule has 1 aliphatic heterocycles. The van der Waals surface area contributed by atoms with Crippen LogP contribution in [0.15, 0.2) is 53.6 Å². The topological polar surface area (TPSA) is 61.8 Å². The van der Waals surface area contributed by atoms with Gasteiger partial charge < -0.3 is 5.32 Å². The van der Waals surface area contributed by atoms with Crippen LogP contribution in [-0.4, -0.2) is 17.5 Å². The number of hydrazone groups is 1. The van der Waals surface area contributed by atoms with Crippen molar-refractivity contribution in [3.63, 3.8) is 0 Å². The minimum atomic E-state index is -0.270. The second kappa shape index (κ2) is 7.30. The number of hydrogen-bond donors (Lipinski definition) is 1. The van der Waals surface area contributed by atoms with Crippen molar-refractivity contribution in [1.29, 1.82) is 0 Å². The third-order valence-corrected chi connectivity index (χ3v) is 4.19. The summed E-state index contributed by atoms with van der Waals surface area (Å²) in [5, 5.41) is 8.45. The molecule has 5 heteroatoms. The molecule has 0 fully saturated rings. The van der Waals surface area contributed by atoms with Gasteiger partial charge in [0.1, 0.15) is 5.71 Å². The Hall–Kier alpha value is -2.95. The Labute approximate surface area is 147 Å². The summed E-state index contributed by atoms with van der Waals surface area (Å²) in [5.74, 6) is -0.374. The average Bonchev–Trinajstić information content (AvgIpc) is 2.63. The summed E-state index contributed by atoms with van der Waals surface area (Å²) in [6, 6.07) is 15.2. The Balaban J connectivity index is 1.77. The van der Waals surface area contributed by atoms with E-state index < -0.39 is 0 Å². The Morgan fingerprint density at radius 3 is 2.40 bits per heavy atom. The highest BCUT2D eigenvalue weighted by Crippen LogP contribution is 2.21. The molecule has 0 saturated heterocycles. The number of carbonyl (C=O) groups excluding carboxylic acids is 2. The van der Waals surface area contributed by atoms with E-state index in [-0.39, 0.29) is 18.2 Å². The molecule has 25 heavy (non-hydrogen) atoms. The Kier molecular flexibility index (Phi) is 4.93. The molecule has 0 atom stereocenters. The van der Waals surface area contributed by atoms with Gasteiger partial charge >= 0.3 is 0 Å². The standard InChI is InChI=1S/C20H21N3O2/c1-3-15-6-8-16(9-7-15)21-20(25)18-12-13-19(24)23(22-18)17-10-4-14(2)5-11-17/h4-11H,3,12-13H2,1-2H3,(H,21,25). The fraction of sp³-hybridized carbons (Fsp3) is 0.250. The summed E-state index contributed by atoms with van der Waals surface area (Å²) < 4.78 is 0. The zero-order valence-corrected chi connectivity index (χ0v) is 14.5. The molecule has 2 aromatic carbocycles. The molecule has 3 rings (SSSR count). The van der Waals surface area contributed by atoms with Gasteiger partial charge in [0.15, 0.2) is 0 Å². The van der Waals surface area contributed by atoms with Gasteiger partial charge in [-0.1, -0.05) is 36.8 Å². The largest absolute Gasteiger partial charge is 0.321 e. The maximum atomic E-state index is 12.5. The van der Waals surface area contributed by atoms with Crippen molar-refractivity contribution >= 4 is 28.9 Å². The van der Waals surface area contributed by atoms with Gasteiger partial charge in [-0.05, 0) is 43.2 Å². The Bertz CT molecular complexity index is 808. The number of benzene rings is 2. The molecule has 1 heterocycles. The summed E-state index contributed by atoms with van der Waals surface area (Å²) in [6.07, 6.45) is 1.57. The van der Waals surface area contributed by atoms with Crippen molar-refractivity contribution in [1.82, 2.24) is 0 Å². The van der Waals surface area contributed by atoms with E-state index in [9.17, 15) is 9.59 Å². The summed E-state index contributed by atoms with van der Waals surface area (Å²) >= 11 is 0. The van der Waals surface area contributed by atoms with Crippen LogP contribution in [-0.2, 0) is 16.0 Å². The Morgan fingerprint density at radius 1 is 1.08 bits per heavy atom. The van der Waals surface area contributed by atoms with Gasteiger partial charge in [0, 0.05) is 18.5 Å². The minimum absolute atomic E-state index is 0.104. The summed E-state index contributed by atoms with van der Waals surface area (Å²) in [4.78, 5) is 24.6. The van der Waals surface area contributed by atoms with Gasteiger partial charge in [-0.2, -0.15) is 5.10 Å². The van der Waals surface area contributed by atoms with Gasteiger partial charge in [0.05, 0.1) is 5.69 Å². The molecule has 1 aliphatic rings. The van der Waals surface area contributed by atoms with E-state index in [2.05, 4.69) is 17.3 Å². The Morgan fingerprint density at radius 2 is 1.76 bits per heavy atom. The molecule has 1 N–H and O–H groups in total. The SMILES string of the molecule is CCc1ccc(NC(=O)C2=NN(c3ccc(C)cc3)C(=O)CC2)cc1. The van der Waals surface area contributed by atoms with Crippen LogP contribution in [0.25, 0.3) is 0 Å². The second-order valence-electron chi connectivity index (χ2n) is 6.09. The third-order valence-electron chi connectivity index (χ3n) is 4.19. The van der Waals surface area contributed by atoms with E-state index in [0.29, 0.717) is 17.8 Å². The molecule has 0 unspecified atom stereocenters. The number of hydrogen-bond acceptors (Lipinski definition) is 3. The third kappa shape index (κ3) is 3.94. The minimum Gasteiger partial charge on any atom is -0.321 e. The predicted molar refractivity (Wildman–Crippen MR) is 99.8 cm³/mol. The average molecular weight is 335 g/mol. The zero-order valence-electron chi connectivity index (χ0n) is 14.5. The molecule has 128 valence electrons. The summed E-state index contributed by atoms with van der Waals surface area (Å²) in [7, 11) is 0. The maximum Gasteiger partial charge on any atom is 0.271 e. The quantitative estimate of drug-likeness (QED) is 0.926. The predicted octanol–water partition coefficient (Wildman–Crippen LogP) is 3.68. The number of anilines is 2. The molecule has 2 aromatic rings. The van der Waals surface area contributed by atoms with Crippen molar-refractivity contribution in [2.45, 2.75) is 33.1 Å². The van der Waals surface area contributed by atoms with Gasteiger partial charge in [-0.15, -0.1) is 0 Å². The highest BCUT2D eigenvalue weighted by Gasteiger charge is 2.25. The van der Waals surface area contributed by atoms with Crippen LogP contribution < -0.4 is 10.3 Å². The van der Waals surface area contributed by atoms with Crippen LogP contribution in [0.2, 0.25) is 0 Å². The normalized spacial score (nSPS) is 14.2. The molecule has 2 amide bonds. The van der Waals surface area contributed by atoms with Gasteiger partial charge in [0.25, 0.3) is 5.91 Å². The number of nitrogens with zero attached hydrogens (tertiary/aromatic N) is 2. The number of carbonyl (C=O) groups is 2. The zero-order chi connectivity index (χ0) is 17.8. The number of rotatable bonds is 4. The lowest BCUT2D eigenvalue weighted by Crippen LogP contribution is -2.36. The monoisotopic (exact) mass is 335 g/mol. The molecule has 0 aromatic heterocycles. The molecule has 0 spiro atoms. The first kappa shape index (κ1) is 16.9. The lowest BCUT2D eigenvalue weighted by Gasteiger charge is -2.23. The van der Waals surface area contributed by atoms with Crippen LogP contribution in [0.3, 0.4) is 0 Å². The first-order valence-corrected chi connectivity index (χ1v) is 8.44. The van der Waals surface area contributed by atoms with Crippen LogP contribution in [0.1, 0.15) is 30.9 Å². The molecular weight excluding hydrogens is 314 g/mol. The van der Waals surface area contributed by atoms with Gasteiger partial charge in [0.2, 0.25) is 5.91 Å². The fourth-order valence-electron chi connectivity index (χ4n) is 2.63. The van der Waals surface area contributed by atoms with Crippen LogP contribution in [0.4, 0.5) is 11.4 Å². The van der Waals surface area contributed by atoms with E-state index in [0.717, 1.165) is 17.7 Å². The molecule has 0 radical (unpaired) electrons. The highest BCUT2D eigenvalue weighted by molar-refractivity contribution is 6.44. The lowest BCUT2D eigenvalue weighted by atomic mass is 10.1. The van der Waals surface area contributed by atoms with Gasteiger partial charge in [-0.25, -0.2) is 5.01 Å². The van der Waals surface area contributed by atoms with E-state index in [4.69, 9.17) is 0 Å². The first-order chi connectivity index (χ1) is 12.1. The lowest BCUT2D eigenvalue weighted by molar-refractivity contribution is -0.118. The molecule has 0 bridgehead atoms. The van der Waals surface area contributed by atoms with Crippen molar-refractivity contribution in [2.24, 2.45) is 5.10 Å². The van der Waals surface area contributed by atoms with Crippen molar-refractivity contribution in [2.75, 3.05) is 10.3 Å². The van der Waals surface area contributed by atoms with Crippen molar-refractivity contribution in [3.8, 4) is 0 Å². The van der Waals surface area contributed by atoms with E-state index in [1.165, 1.54) is 10.6 Å². The molecule has 5 nitrogen and oxygen atoms in total. The van der Waals surface area contributed by atoms with Crippen LogP contribution in [0.5, 0.6) is 0 Å². The maximum absolute atomic E-state index is 12.5. The molecule has 0 aliphatic carbocycles. The number of nitrogens with one attached hydrogen (secondary N) is 1. The van der Waals surface area contributed by atoms with E-state index >= 15 is 0 Å². The van der Waals surface area contributed by atoms with Gasteiger partial charge in [-0.3, -0.25) is 9.59 Å². The summed E-state index contributed by atoms with van der Waals surface area (Å²) in [5.41, 5.74) is 4.08. The van der Waals surface area contributed by atoms with Crippen molar-refractivity contribution < 1.29 is 9.59 Å². The molecule has 0 saturated carbocycles.